The largest absolute Gasteiger partial charge is 0.259 e. The fourth-order valence-electron chi connectivity index (χ4n) is 1.62. The number of halogens is 1. The van der Waals surface area contributed by atoms with Gasteiger partial charge in [0.1, 0.15) is 6.33 Å². The highest BCUT2D eigenvalue weighted by molar-refractivity contribution is 9.11. The van der Waals surface area contributed by atoms with Crippen LogP contribution in [-0.2, 0) is 0 Å². The van der Waals surface area contributed by atoms with Crippen LogP contribution in [0.15, 0.2) is 35.1 Å². The Labute approximate surface area is 103 Å². The van der Waals surface area contributed by atoms with Gasteiger partial charge < -0.3 is 0 Å². The molecule has 1 aromatic heterocycles. The lowest BCUT2D eigenvalue weighted by atomic mass is 10.1. The number of H-pyrrole nitrogens is 1. The molecule has 0 spiro atoms. The molecular formula is C12H14BrN3. The molecule has 84 valence electrons. The number of hydrogen-bond acceptors (Lipinski definition) is 2. The summed E-state index contributed by atoms with van der Waals surface area (Å²) in [6.07, 6.45) is 14.6. The first-order valence-electron chi connectivity index (χ1n) is 5.45. The molecular weight excluding hydrogens is 266 g/mol. The Morgan fingerprint density at radius 3 is 3.06 bits per heavy atom. The Hall–Kier alpha value is -1.16. The van der Waals surface area contributed by atoms with Gasteiger partial charge in [-0.15, -0.1) is 0 Å². The summed E-state index contributed by atoms with van der Waals surface area (Å²) in [5.41, 5.74) is 1.11. The molecule has 0 saturated heterocycles. The highest BCUT2D eigenvalue weighted by atomic mass is 79.9. The third-order valence-corrected chi connectivity index (χ3v) is 3.14. The van der Waals surface area contributed by atoms with Gasteiger partial charge in [-0.1, -0.05) is 40.2 Å². The van der Waals surface area contributed by atoms with Crippen molar-refractivity contribution in [1.82, 2.24) is 15.2 Å². The van der Waals surface area contributed by atoms with Gasteiger partial charge in [0.15, 0.2) is 5.82 Å². The van der Waals surface area contributed by atoms with Crippen molar-refractivity contribution in [3.63, 3.8) is 0 Å². The third kappa shape index (κ3) is 3.17. The van der Waals surface area contributed by atoms with E-state index in [-0.39, 0.29) is 0 Å². The summed E-state index contributed by atoms with van der Waals surface area (Å²) >= 11 is 3.56. The van der Waals surface area contributed by atoms with Crippen molar-refractivity contribution < 1.29 is 0 Å². The van der Waals surface area contributed by atoms with E-state index in [0.717, 1.165) is 24.2 Å². The lowest BCUT2D eigenvalue weighted by molar-refractivity contribution is 0.759. The van der Waals surface area contributed by atoms with Crippen LogP contribution >= 0.6 is 15.9 Å². The Kier molecular flexibility index (Phi) is 4.10. The van der Waals surface area contributed by atoms with E-state index >= 15 is 0 Å². The zero-order chi connectivity index (χ0) is 11.2. The Balaban J connectivity index is 2.21. The topological polar surface area (TPSA) is 41.6 Å². The molecule has 0 atom stereocenters. The Bertz CT molecular complexity index is 415. The van der Waals surface area contributed by atoms with E-state index in [2.05, 4.69) is 49.3 Å². The molecule has 2 rings (SSSR count). The van der Waals surface area contributed by atoms with Crippen LogP contribution in [0.1, 0.15) is 31.5 Å². The molecule has 0 amide bonds. The summed E-state index contributed by atoms with van der Waals surface area (Å²) in [7, 11) is 0. The van der Waals surface area contributed by atoms with Gasteiger partial charge in [-0.3, -0.25) is 5.10 Å². The molecule has 0 aromatic carbocycles. The third-order valence-electron chi connectivity index (χ3n) is 2.48. The minimum Gasteiger partial charge on any atom is -0.259 e. The van der Waals surface area contributed by atoms with Crippen LogP contribution in [0.4, 0.5) is 0 Å². The molecule has 1 heterocycles. The van der Waals surface area contributed by atoms with Gasteiger partial charge in [0.05, 0.1) is 0 Å². The lowest BCUT2D eigenvalue weighted by Gasteiger charge is -2.02. The average molecular weight is 280 g/mol. The molecule has 1 N–H and O–H groups in total. The van der Waals surface area contributed by atoms with Gasteiger partial charge >= 0.3 is 0 Å². The smallest absolute Gasteiger partial charge is 0.155 e. The predicted octanol–water partition coefficient (Wildman–Crippen LogP) is 3.60. The number of rotatable bonds is 1. The summed E-state index contributed by atoms with van der Waals surface area (Å²) < 4.78 is 1.25. The molecule has 0 unspecified atom stereocenters. The van der Waals surface area contributed by atoms with Crippen LogP contribution in [0.5, 0.6) is 0 Å². The highest BCUT2D eigenvalue weighted by Gasteiger charge is 2.01. The molecule has 16 heavy (non-hydrogen) atoms. The molecule has 4 heteroatoms. The lowest BCUT2D eigenvalue weighted by Crippen LogP contribution is -1.86. The van der Waals surface area contributed by atoms with Gasteiger partial charge in [-0.2, -0.15) is 5.10 Å². The minimum atomic E-state index is 0.835. The van der Waals surface area contributed by atoms with E-state index in [1.54, 1.807) is 0 Å². The van der Waals surface area contributed by atoms with Crippen LogP contribution in [0, 0.1) is 0 Å². The molecule has 0 radical (unpaired) electrons. The van der Waals surface area contributed by atoms with Gasteiger partial charge in [0, 0.05) is 5.57 Å². The SMILES string of the molecule is Br/C1=C/C=C\C(c2ncn[nH]2)=C\CCCC1. The molecule has 3 nitrogen and oxygen atoms in total. The van der Waals surface area contributed by atoms with Crippen LogP contribution in [0.2, 0.25) is 0 Å². The molecule has 1 aromatic rings. The van der Waals surface area contributed by atoms with Crippen molar-refractivity contribution in [2.24, 2.45) is 0 Å². The number of nitrogens with one attached hydrogen (secondary N) is 1. The van der Waals surface area contributed by atoms with Gasteiger partial charge in [0.25, 0.3) is 0 Å². The average Bonchev–Trinajstić information content (AvgIpc) is 2.80. The van der Waals surface area contributed by atoms with Gasteiger partial charge in [-0.05, 0) is 30.2 Å². The van der Waals surface area contributed by atoms with E-state index in [9.17, 15) is 0 Å². The summed E-state index contributed by atoms with van der Waals surface area (Å²) in [5, 5.41) is 6.76. The number of hydrogen-bond donors (Lipinski definition) is 1. The standard InChI is InChI=1S/C12H14BrN3/c13-11-7-3-1-2-5-10(6-4-8-11)12-14-9-15-16-12/h4-6,8-9H,1-3,7H2,(H,14,15,16)/b6-4-,10-5-,11-8+. The number of aromatic amines is 1. The molecule has 0 aliphatic heterocycles. The molecule has 1 aliphatic rings. The van der Waals surface area contributed by atoms with Gasteiger partial charge in [0.2, 0.25) is 0 Å². The van der Waals surface area contributed by atoms with Crippen molar-refractivity contribution in [2.45, 2.75) is 25.7 Å². The number of aromatic nitrogens is 3. The Morgan fingerprint density at radius 2 is 2.25 bits per heavy atom. The molecule has 0 saturated carbocycles. The maximum atomic E-state index is 4.17. The van der Waals surface area contributed by atoms with Gasteiger partial charge in [-0.25, -0.2) is 4.98 Å². The van der Waals surface area contributed by atoms with Crippen LogP contribution in [0.3, 0.4) is 0 Å². The maximum Gasteiger partial charge on any atom is 0.155 e. The second kappa shape index (κ2) is 5.80. The fraction of sp³-hybridized carbons (Fsp3) is 0.333. The highest BCUT2D eigenvalue weighted by Crippen LogP contribution is 2.19. The predicted molar refractivity (Wildman–Crippen MR) is 69.0 cm³/mol. The van der Waals surface area contributed by atoms with E-state index in [0.29, 0.717) is 0 Å². The van der Waals surface area contributed by atoms with E-state index in [4.69, 9.17) is 0 Å². The van der Waals surface area contributed by atoms with E-state index < -0.39 is 0 Å². The zero-order valence-electron chi connectivity index (χ0n) is 8.99. The van der Waals surface area contributed by atoms with Crippen molar-refractivity contribution in [3.05, 3.63) is 40.9 Å². The van der Waals surface area contributed by atoms with Crippen molar-refractivity contribution in [3.8, 4) is 0 Å². The quantitative estimate of drug-likeness (QED) is 0.854. The Morgan fingerprint density at radius 1 is 1.31 bits per heavy atom. The van der Waals surface area contributed by atoms with Crippen LogP contribution in [-0.4, -0.2) is 15.2 Å². The molecule has 0 bridgehead atoms. The summed E-state index contributed by atoms with van der Waals surface area (Å²) in [6.45, 7) is 0. The van der Waals surface area contributed by atoms with Crippen LogP contribution < -0.4 is 0 Å². The monoisotopic (exact) mass is 279 g/mol. The number of nitrogens with zero attached hydrogens (tertiary/aromatic N) is 2. The number of allylic oxidation sites excluding steroid dienone is 6. The van der Waals surface area contributed by atoms with Crippen LogP contribution in [0.25, 0.3) is 5.57 Å². The minimum absolute atomic E-state index is 0.835. The summed E-state index contributed by atoms with van der Waals surface area (Å²) in [5.74, 6) is 0.835. The summed E-state index contributed by atoms with van der Waals surface area (Å²) in [6, 6.07) is 0. The zero-order valence-corrected chi connectivity index (χ0v) is 10.6. The first-order valence-corrected chi connectivity index (χ1v) is 6.24. The maximum absolute atomic E-state index is 4.17. The molecule has 1 aliphatic carbocycles. The second-order valence-corrected chi connectivity index (χ2v) is 4.73. The first kappa shape index (κ1) is 11.3. The summed E-state index contributed by atoms with van der Waals surface area (Å²) in [4.78, 5) is 4.17. The first-order chi connectivity index (χ1) is 7.86. The van der Waals surface area contributed by atoms with Crippen molar-refractivity contribution >= 4 is 21.5 Å². The van der Waals surface area contributed by atoms with E-state index in [1.165, 1.54) is 23.7 Å². The van der Waals surface area contributed by atoms with Crippen molar-refractivity contribution in [2.75, 3.05) is 0 Å². The fourth-order valence-corrected chi connectivity index (χ4v) is 2.06. The normalized spacial score (nSPS) is 26.3. The molecule has 0 fully saturated rings. The van der Waals surface area contributed by atoms with E-state index in [1.807, 2.05) is 6.08 Å². The van der Waals surface area contributed by atoms with Crippen molar-refractivity contribution in [1.29, 1.82) is 0 Å². The second-order valence-electron chi connectivity index (χ2n) is 3.71.